The maximum atomic E-state index is 11.1. The van der Waals surface area contributed by atoms with Gasteiger partial charge >= 0.3 is 5.97 Å². The van der Waals surface area contributed by atoms with Crippen molar-refractivity contribution in [2.24, 2.45) is 5.73 Å². The molecule has 0 aromatic rings. The zero-order chi connectivity index (χ0) is 10.4. The minimum atomic E-state index is -1.13. The van der Waals surface area contributed by atoms with Crippen LogP contribution in [0.25, 0.3) is 0 Å². The lowest BCUT2D eigenvalue weighted by molar-refractivity contribution is -0.141. The van der Waals surface area contributed by atoms with E-state index in [0.29, 0.717) is 0 Å². The third kappa shape index (κ3) is 4.39. The van der Waals surface area contributed by atoms with Crippen LogP contribution in [0.2, 0.25) is 0 Å². The van der Waals surface area contributed by atoms with Gasteiger partial charge in [0.25, 0.3) is 0 Å². The van der Waals surface area contributed by atoms with Crippen molar-refractivity contribution >= 4 is 37.1 Å². The first kappa shape index (κ1) is 12.6. The van der Waals surface area contributed by atoms with Gasteiger partial charge in [0.1, 0.15) is 6.04 Å². The highest BCUT2D eigenvalue weighted by Crippen LogP contribution is 1.91. The Morgan fingerprint density at radius 1 is 1.38 bits per heavy atom. The van der Waals surface area contributed by atoms with E-state index in [1.165, 1.54) is 0 Å². The van der Waals surface area contributed by atoms with E-state index in [1.54, 1.807) is 0 Å². The van der Waals surface area contributed by atoms with Crippen LogP contribution in [-0.2, 0) is 9.59 Å². The summed E-state index contributed by atoms with van der Waals surface area (Å²) in [6.45, 7) is 0. The molecule has 5 nitrogen and oxygen atoms in total. The Labute approximate surface area is 86.9 Å². The average molecular weight is 224 g/mol. The minimum Gasteiger partial charge on any atom is -0.480 e. The van der Waals surface area contributed by atoms with Crippen LogP contribution in [0, 0.1) is 0 Å². The zero-order valence-electron chi connectivity index (χ0n) is 6.80. The van der Waals surface area contributed by atoms with Gasteiger partial charge in [0.2, 0.25) is 5.91 Å². The lowest BCUT2D eigenvalue weighted by Gasteiger charge is -2.14. The Kier molecular flexibility index (Phi) is 5.93. The third-order valence-corrected chi connectivity index (χ3v) is 2.09. The number of nitrogens with one attached hydrogen (secondary N) is 1. The predicted octanol–water partition coefficient (Wildman–Crippen LogP) is -1.26. The number of carbonyl (C=O) groups is 2. The summed E-state index contributed by atoms with van der Waals surface area (Å²) < 4.78 is 0. The van der Waals surface area contributed by atoms with E-state index in [2.05, 4.69) is 30.6 Å². The third-order valence-electron chi connectivity index (χ3n) is 1.33. The normalized spacial score (nSPS) is 14.7. The van der Waals surface area contributed by atoms with Crippen molar-refractivity contribution in [3.05, 3.63) is 0 Å². The number of amides is 1. The van der Waals surface area contributed by atoms with Crippen LogP contribution in [0.1, 0.15) is 0 Å². The Balaban J connectivity index is 4.09. The van der Waals surface area contributed by atoms with E-state index in [4.69, 9.17) is 10.8 Å². The van der Waals surface area contributed by atoms with Crippen LogP contribution < -0.4 is 11.1 Å². The van der Waals surface area contributed by atoms with Gasteiger partial charge in [-0.2, -0.15) is 25.3 Å². The predicted molar refractivity (Wildman–Crippen MR) is 55.2 cm³/mol. The van der Waals surface area contributed by atoms with E-state index in [0.717, 1.165) is 0 Å². The van der Waals surface area contributed by atoms with Gasteiger partial charge in [0, 0.05) is 11.5 Å². The first-order valence-corrected chi connectivity index (χ1v) is 4.80. The molecule has 0 spiro atoms. The van der Waals surface area contributed by atoms with Crippen molar-refractivity contribution in [2.75, 3.05) is 11.5 Å². The quantitative estimate of drug-likeness (QED) is 0.377. The summed E-state index contributed by atoms with van der Waals surface area (Å²) in [7, 11) is 0. The zero-order valence-corrected chi connectivity index (χ0v) is 8.59. The summed E-state index contributed by atoms with van der Waals surface area (Å²) in [6, 6.07) is -1.79. The van der Waals surface area contributed by atoms with Gasteiger partial charge in [0.15, 0.2) is 0 Å². The number of carboxylic acid groups (broad SMARTS) is 1. The van der Waals surface area contributed by atoms with E-state index >= 15 is 0 Å². The van der Waals surface area contributed by atoms with E-state index in [-0.39, 0.29) is 11.5 Å². The second kappa shape index (κ2) is 6.11. The van der Waals surface area contributed by atoms with Crippen molar-refractivity contribution in [1.82, 2.24) is 5.32 Å². The van der Waals surface area contributed by atoms with Crippen LogP contribution in [0.15, 0.2) is 0 Å². The molecule has 1 amide bonds. The summed E-state index contributed by atoms with van der Waals surface area (Å²) >= 11 is 7.58. The molecule has 0 rings (SSSR count). The molecule has 13 heavy (non-hydrogen) atoms. The summed E-state index contributed by atoms with van der Waals surface area (Å²) in [5, 5.41) is 10.8. The summed E-state index contributed by atoms with van der Waals surface area (Å²) in [4.78, 5) is 21.5. The van der Waals surface area contributed by atoms with Gasteiger partial charge in [0.05, 0.1) is 6.04 Å². The molecule has 4 N–H and O–H groups in total. The number of rotatable bonds is 5. The van der Waals surface area contributed by atoms with Gasteiger partial charge in [-0.15, -0.1) is 0 Å². The molecule has 0 aromatic heterocycles. The number of carboxylic acids is 1. The van der Waals surface area contributed by atoms with Crippen LogP contribution in [-0.4, -0.2) is 40.6 Å². The highest BCUT2D eigenvalue weighted by atomic mass is 32.1. The summed E-state index contributed by atoms with van der Waals surface area (Å²) in [6.07, 6.45) is 0. The molecule has 76 valence electrons. The molecule has 0 heterocycles. The second-order valence-electron chi connectivity index (χ2n) is 2.37. The fourth-order valence-electron chi connectivity index (χ4n) is 0.547. The Morgan fingerprint density at radius 3 is 2.23 bits per heavy atom. The topological polar surface area (TPSA) is 92.4 Å². The molecule has 0 aliphatic heterocycles. The fraction of sp³-hybridized carbons (Fsp3) is 0.667. The minimum absolute atomic E-state index is 0.0281. The number of aliphatic carboxylic acids is 1. The van der Waals surface area contributed by atoms with Crippen LogP contribution in [0.4, 0.5) is 0 Å². The Hall–Kier alpha value is -0.400. The molecule has 0 saturated heterocycles. The number of hydrogen-bond acceptors (Lipinski definition) is 5. The lowest BCUT2D eigenvalue weighted by atomic mass is 10.3. The average Bonchev–Trinajstić information content (AvgIpc) is 2.11. The summed E-state index contributed by atoms with van der Waals surface area (Å²) in [5.74, 6) is -1.46. The SMILES string of the molecule is N[C@@H](CS)C(=O)N[C@H](CS)C(=O)O. The van der Waals surface area contributed by atoms with Crippen molar-refractivity contribution in [3.63, 3.8) is 0 Å². The molecular formula is C6H12N2O3S2. The standard InChI is InChI=1S/C6H12N2O3S2/c7-3(1-12)5(9)8-4(2-13)6(10)11/h3-4,12-13H,1-2,7H2,(H,8,9)(H,10,11)/t3-,4+/m0/s1. The van der Waals surface area contributed by atoms with Crippen molar-refractivity contribution in [1.29, 1.82) is 0 Å². The van der Waals surface area contributed by atoms with Gasteiger partial charge in [-0.3, -0.25) is 4.79 Å². The molecule has 7 heteroatoms. The molecule has 0 unspecified atom stereocenters. The fourth-order valence-corrected chi connectivity index (χ4v) is 0.960. The molecule has 0 bridgehead atoms. The maximum absolute atomic E-state index is 11.1. The molecule has 0 fully saturated rings. The number of nitrogens with two attached hydrogens (primary N) is 1. The first-order chi connectivity index (χ1) is 6.02. The maximum Gasteiger partial charge on any atom is 0.327 e. The number of hydrogen-bond donors (Lipinski definition) is 5. The van der Waals surface area contributed by atoms with E-state index in [9.17, 15) is 9.59 Å². The van der Waals surface area contributed by atoms with Crippen LogP contribution >= 0.6 is 25.3 Å². The smallest absolute Gasteiger partial charge is 0.327 e. The highest BCUT2D eigenvalue weighted by molar-refractivity contribution is 7.80. The molecule has 0 radical (unpaired) electrons. The van der Waals surface area contributed by atoms with Gasteiger partial charge in [-0.1, -0.05) is 0 Å². The van der Waals surface area contributed by atoms with Crippen LogP contribution in [0.3, 0.4) is 0 Å². The largest absolute Gasteiger partial charge is 0.480 e. The lowest BCUT2D eigenvalue weighted by Crippen LogP contribution is -2.49. The second-order valence-corrected chi connectivity index (χ2v) is 3.10. The highest BCUT2D eigenvalue weighted by Gasteiger charge is 2.20. The Bertz CT molecular complexity index is 200. The van der Waals surface area contributed by atoms with Crippen molar-refractivity contribution in [3.8, 4) is 0 Å². The van der Waals surface area contributed by atoms with Crippen LogP contribution in [0.5, 0.6) is 0 Å². The van der Waals surface area contributed by atoms with Crippen molar-refractivity contribution < 1.29 is 14.7 Å². The van der Waals surface area contributed by atoms with E-state index < -0.39 is 24.0 Å². The van der Waals surface area contributed by atoms with E-state index in [1.807, 2.05) is 0 Å². The molecule has 0 aliphatic rings. The van der Waals surface area contributed by atoms with Gasteiger partial charge < -0.3 is 16.2 Å². The number of carbonyl (C=O) groups excluding carboxylic acids is 1. The molecular weight excluding hydrogens is 212 g/mol. The van der Waals surface area contributed by atoms with Crippen molar-refractivity contribution in [2.45, 2.75) is 12.1 Å². The first-order valence-electron chi connectivity index (χ1n) is 3.53. The molecule has 0 saturated carbocycles. The van der Waals surface area contributed by atoms with Gasteiger partial charge in [-0.05, 0) is 0 Å². The summed E-state index contributed by atoms with van der Waals surface area (Å²) in [5.41, 5.74) is 5.31. The molecule has 0 aliphatic carbocycles. The number of thiol groups is 2. The monoisotopic (exact) mass is 224 g/mol. The molecule has 0 aromatic carbocycles. The van der Waals surface area contributed by atoms with Gasteiger partial charge in [-0.25, -0.2) is 4.79 Å². The molecule has 2 atom stereocenters. The Morgan fingerprint density at radius 2 is 1.92 bits per heavy atom.